The molecule has 1 heterocycles. The number of aromatic nitrogens is 1. The van der Waals surface area contributed by atoms with Crippen molar-refractivity contribution in [3.63, 3.8) is 0 Å². The van der Waals surface area contributed by atoms with Crippen LogP contribution >= 0.6 is 0 Å². The number of nitrogens with zero attached hydrogens (tertiary/aromatic N) is 1. The van der Waals surface area contributed by atoms with Crippen LogP contribution < -0.4 is 7.06 Å². The van der Waals surface area contributed by atoms with Crippen molar-refractivity contribution >= 4 is 29.0 Å². The Morgan fingerprint density at radius 3 is 2.50 bits per heavy atom. The zero-order valence-corrected chi connectivity index (χ0v) is 13.5. The first-order chi connectivity index (χ1) is 9.84. The second-order valence-electron chi connectivity index (χ2n) is 4.43. The van der Waals surface area contributed by atoms with E-state index in [9.17, 15) is 0 Å². The predicted molar refractivity (Wildman–Crippen MR) is 79.9 cm³/mol. The molecule has 0 fully saturated rings. The Bertz CT molecular complexity index is 725. The number of fused-ring (bicyclic) bond motifs is 1. The van der Waals surface area contributed by atoms with E-state index in [4.69, 9.17) is 7.06 Å². The van der Waals surface area contributed by atoms with Crippen molar-refractivity contribution in [2.75, 3.05) is 0 Å². The number of aryl methyl sites for hydroxylation is 1. The van der Waals surface area contributed by atoms with Gasteiger partial charge in [-0.05, 0) is 0 Å². The van der Waals surface area contributed by atoms with Gasteiger partial charge < -0.3 is 0 Å². The van der Waals surface area contributed by atoms with Gasteiger partial charge in [-0.1, -0.05) is 0 Å². The molecule has 0 atom stereocenters. The summed E-state index contributed by atoms with van der Waals surface area (Å²) in [6.07, 6.45) is 1.78. The average molecular weight is 321 g/mol. The quantitative estimate of drug-likeness (QED) is 0.689. The molecule has 3 rings (SSSR count). The minimum absolute atomic E-state index is 0.802. The van der Waals surface area contributed by atoms with Crippen LogP contribution in [0.25, 0.3) is 10.9 Å². The Morgan fingerprint density at radius 2 is 1.60 bits per heavy atom. The van der Waals surface area contributed by atoms with Gasteiger partial charge in [0.2, 0.25) is 0 Å². The monoisotopic (exact) mass is 320 g/mol. The zero-order chi connectivity index (χ0) is 13.8. The SMILES string of the molecule is Cc1ccccc1[O][Ga][O]c1cccc2cccnc12. The Labute approximate surface area is 126 Å². The van der Waals surface area contributed by atoms with Crippen molar-refractivity contribution < 1.29 is 7.06 Å². The normalized spacial score (nSPS) is 10.2. The summed E-state index contributed by atoms with van der Waals surface area (Å²) in [6, 6.07) is 17.9. The topological polar surface area (TPSA) is 31.4 Å². The van der Waals surface area contributed by atoms with Gasteiger partial charge in [-0.15, -0.1) is 0 Å². The van der Waals surface area contributed by atoms with Gasteiger partial charge in [-0.25, -0.2) is 0 Å². The maximum absolute atomic E-state index is 5.85. The molecule has 0 saturated heterocycles. The Kier molecular flexibility index (Phi) is 3.94. The Morgan fingerprint density at radius 1 is 0.850 bits per heavy atom. The third-order valence-corrected chi connectivity index (χ3v) is 4.51. The molecule has 0 spiro atoms. The molecule has 0 aliphatic rings. The van der Waals surface area contributed by atoms with Gasteiger partial charge in [-0.2, -0.15) is 0 Å². The van der Waals surface area contributed by atoms with Gasteiger partial charge >= 0.3 is 126 Å². The van der Waals surface area contributed by atoms with Gasteiger partial charge in [-0.3, -0.25) is 0 Å². The number of para-hydroxylation sites is 2. The van der Waals surface area contributed by atoms with E-state index < -0.39 is 18.1 Å². The van der Waals surface area contributed by atoms with Crippen LogP contribution in [0.5, 0.6) is 11.5 Å². The molecule has 97 valence electrons. The third kappa shape index (κ3) is 2.81. The first-order valence-electron chi connectivity index (χ1n) is 6.39. The van der Waals surface area contributed by atoms with Crippen molar-refractivity contribution in [1.82, 2.24) is 4.98 Å². The fourth-order valence-corrected chi connectivity index (χ4v) is 3.48. The van der Waals surface area contributed by atoms with E-state index in [1.807, 2.05) is 61.5 Å². The Balaban J connectivity index is 1.73. The summed E-state index contributed by atoms with van der Waals surface area (Å²) in [4.78, 5) is 4.37. The van der Waals surface area contributed by atoms with Crippen LogP contribution in [0.4, 0.5) is 0 Å². The molecule has 0 saturated carbocycles. The standard InChI is InChI=1S/C9H7NO.C7H8O.Ga/c11-8-5-1-3-7-4-2-6-10-9(7)8;1-6-4-2-3-5-7(6)8;/h1-6,11H;2-5,8H,1H3;/q;;+2/p-2. The van der Waals surface area contributed by atoms with E-state index in [2.05, 4.69) is 4.98 Å². The molecule has 3 aromatic rings. The number of benzene rings is 2. The first kappa shape index (κ1) is 13.1. The molecular formula is C16H13GaNO2. The van der Waals surface area contributed by atoms with Crippen LogP contribution in [-0.4, -0.2) is 23.1 Å². The second-order valence-corrected chi connectivity index (χ2v) is 5.82. The van der Waals surface area contributed by atoms with Crippen LogP contribution in [-0.2, 0) is 0 Å². The number of hydrogen-bond donors (Lipinski definition) is 0. The molecule has 3 nitrogen and oxygen atoms in total. The molecule has 1 aromatic heterocycles. The molecule has 0 N–H and O–H groups in total. The molecule has 2 aromatic carbocycles. The van der Waals surface area contributed by atoms with Crippen molar-refractivity contribution in [2.24, 2.45) is 0 Å². The number of hydrogen-bond acceptors (Lipinski definition) is 3. The van der Waals surface area contributed by atoms with Gasteiger partial charge in [0, 0.05) is 0 Å². The van der Waals surface area contributed by atoms with E-state index in [0.717, 1.165) is 28.0 Å². The Hall–Kier alpha value is -1.91. The van der Waals surface area contributed by atoms with Gasteiger partial charge in [0.05, 0.1) is 0 Å². The van der Waals surface area contributed by atoms with Gasteiger partial charge in [0.1, 0.15) is 0 Å². The maximum atomic E-state index is 5.85. The van der Waals surface area contributed by atoms with Crippen LogP contribution in [0.15, 0.2) is 60.8 Å². The minimum atomic E-state index is -1.30. The van der Waals surface area contributed by atoms with Gasteiger partial charge in [0.15, 0.2) is 0 Å². The summed E-state index contributed by atoms with van der Waals surface area (Å²) in [5, 5.41) is 1.08. The fraction of sp³-hybridized carbons (Fsp3) is 0.0625. The summed E-state index contributed by atoms with van der Waals surface area (Å²) in [5.41, 5.74) is 2.02. The molecule has 1 radical (unpaired) electrons. The molecule has 0 unspecified atom stereocenters. The molecule has 20 heavy (non-hydrogen) atoms. The fourth-order valence-electron chi connectivity index (χ4n) is 1.99. The first-order valence-corrected chi connectivity index (χ1v) is 8.37. The number of pyridine rings is 1. The number of rotatable bonds is 4. The van der Waals surface area contributed by atoms with Crippen LogP contribution in [0, 0.1) is 6.92 Å². The average Bonchev–Trinajstić information content (AvgIpc) is 2.49. The predicted octanol–water partition coefficient (Wildman–Crippen LogP) is 3.54. The van der Waals surface area contributed by atoms with Crippen LogP contribution in [0.3, 0.4) is 0 Å². The summed E-state index contributed by atoms with van der Waals surface area (Å²) in [7, 11) is 0. The summed E-state index contributed by atoms with van der Waals surface area (Å²) >= 11 is -1.30. The summed E-state index contributed by atoms with van der Waals surface area (Å²) < 4.78 is 11.6. The second kappa shape index (κ2) is 6.03. The summed E-state index contributed by atoms with van der Waals surface area (Å²) in [5.74, 6) is 1.71. The molecule has 0 aliphatic carbocycles. The van der Waals surface area contributed by atoms with Crippen LogP contribution in [0.2, 0.25) is 0 Å². The molecule has 0 bridgehead atoms. The molecule has 4 heteroatoms. The van der Waals surface area contributed by atoms with Gasteiger partial charge in [0.25, 0.3) is 0 Å². The van der Waals surface area contributed by atoms with Crippen molar-refractivity contribution in [3.05, 3.63) is 66.4 Å². The summed E-state index contributed by atoms with van der Waals surface area (Å²) in [6.45, 7) is 2.03. The van der Waals surface area contributed by atoms with E-state index in [0.29, 0.717) is 0 Å². The molecular weight excluding hydrogens is 308 g/mol. The van der Waals surface area contributed by atoms with E-state index >= 15 is 0 Å². The van der Waals surface area contributed by atoms with Crippen LogP contribution in [0.1, 0.15) is 5.56 Å². The van der Waals surface area contributed by atoms with Crippen molar-refractivity contribution in [3.8, 4) is 11.5 Å². The van der Waals surface area contributed by atoms with E-state index in [-0.39, 0.29) is 0 Å². The third-order valence-electron chi connectivity index (χ3n) is 3.04. The zero-order valence-electron chi connectivity index (χ0n) is 11.1. The van der Waals surface area contributed by atoms with Crippen molar-refractivity contribution in [1.29, 1.82) is 0 Å². The van der Waals surface area contributed by atoms with Crippen molar-refractivity contribution in [2.45, 2.75) is 6.92 Å². The molecule has 0 amide bonds. The van der Waals surface area contributed by atoms with E-state index in [1.165, 1.54) is 0 Å². The van der Waals surface area contributed by atoms with E-state index in [1.54, 1.807) is 6.20 Å². The molecule has 0 aliphatic heterocycles.